The second kappa shape index (κ2) is 7.78. The van der Waals surface area contributed by atoms with Crippen LogP contribution in [0.2, 0.25) is 0 Å². The molecular formula is C14H24BrN5. The van der Waals surface area contributed by atoms with E-state index < -0.39 is 0 Å². The van der Waals surface area contributed by atoms with E-state index in [1.54, 1.807) is 6.33 Å². The molecule has 1 aliphatic heterocycles. The predicted octanol–water partition coefficient (Wildman–Crippen LogP) is 2.96. The highest BCUT2D eigenvalue weighted by Crippen LogP contribution is 2.27. The van der Waals surface area contributed by atoms with Crippen LogP contribution in [0.15, 0.2) is 10.8 Å². The second-order valence-corrected chi connectivity index (χ2v) is 6.12. The van der Waals surface area contributed by atoms with E-state index in [2.05, 4.69) is 55.4 Å². The van der Waals surface area contributed by atoms with Crippen molar-refractivity contribution in [3.63, 3.8) is 0 Å². The molecule has 0 radical (unpaired) electrons. The van der Waals surface area contributed by atoms with Crippen molar-refractivity contribution in [2.75, 3.05) is 37.3 Å². The lowest BCUT2D eigenvalue weighted by molar-refractivity contribution is 0.194. The smallest absolute Gasteiger partial charge is 0.146 e. The fourth-order valence-corrected chi connectivity index (χ4v) is 2.96. The number of rotatable bonds is 6. The predicted molar refractivity (Wildman–Crippen MR) is 87.3 cm³/mol. The number of nitrogens with zero attached hydrogens (tertiary/aromatic N) is 3. The maximum absolute atomic E-state index is 4.33. The van der Waals surface area contributed by atoms with Gasteiger partial charge in [-0.05, 0) is 48.8 Å². The van der Waals surface area contributed by atoms with Crippen molar-refractivity contribution in [1.82, 2.24) is 14.9 Å². The molecule has 2 heterocycles. The Hall–Kier alpha value is -0.880. The first-order chi connectivity index (χ1) is 9.72. The van der Waals surface area contributed by atoms with Gasteiger partial charge in [0.05, 0.1) is 0 Å². The Morgan fingerprint density at radius 1 is 1.30 bits per heavy atom. The zero-order valence-corrected chi connectivity index (χ0v) is 13.9. The first-order valence-electron chi connectivity index (χ1n) is 7.40. The van der Waals surface area contributed by atoms with Crippen LogP contribution < -0.4 is 10.6 Å². The van der Waals surface area contributed by atoms with E-state index in [0.29, 0.717) is 6.04 Å². The van der Waals surface area contributed by atoms with Gasteiger partial charge in [0.15, 0.2) is 0 Å². The van der Waals surface area contributed by atoms with Crippen LogP contribution >= 0.6 is 15.9 Å². The summed E-state index contributed by atoms with van der Waals surface area (Å²) < 4.78 is 0.923. The van der Waals surface area contributed by atoms with E-state index in [0.717, 1.165) is 35.6 Å². The quantitative estimate of drug-likeness (QED) is 0.833. The summed E-state index contributed by atoms with van der Waals surface area (Å²) in [4.78, 5) is 11.0. The Bertz CT molecular complexity index is 426. The molecule has 0 saturated carbocycles. The summed E-state index contributed by atoms with van der Waals surface area (Å²) >= 11 is 3.59. The number of aromatic nitrogens is 2. The van der Waals surface area contributed by atoms with Crippen LogP contribution in [-0.4, -0.2) is 47.6 Å². The topological polar surface area (TPSA) is 53.1 Å². The maximum atomic E-state index is 4.33. The Kier molecular flexibility index (Phi) is 6.04. The van der Waals surface area contributed by atoms with Crippen LogP contribution in [0, 0.1) is 0 Å². The summed E-state index contributed by atoms with van der Waals surface area (Å²) in [6, 6.07) is 0.595. The normalized spacial score (nSPS) is 19.9. The van der Waals surface area contributed by atoms with Gasteiger partial charge in [-0.25, -0.2) is 9.97 Å². The molecule has 2 rings (SSSR count). The molecule has 0 aliphatic carbocycles. The third kappa shape index (κ3) is 4.06. The monoisotopic (exact) mass is 341 g/mol. The van der Waals surface area contributed by atoms with E-state index in [4.69, 9.17) is 0 Å². The molecule has 1 aromatic rings. The Morgan fingerprint density at radius 2 is 2.05 bits per heavy atom. The summed E-state index contributed by atoms with van der Waals surface area (Å²) in [7, 11) is 2.20. The lowest BCUT2D eigenvalue weighted by Crippen LogP contribution is -2.40. The van der Waals surface area contributed by atoms with Crippen molar-refractivity contribution in [3.8, 4) is 0 Å². The zero-order valence-electron chi connectivity index (χ0n) is 12.3. The fraction of sp³-hybridized carbons (Fsp3) is 0.714. The number of likely N-dealkylation sites (N-methyl/N-ethyl adjacent to an activating group) is 1. The third-order valence-electron chi connectivity index (χ3n) is 3.76. The molecule has 1 aromatic heterocycles. The molecule has 112 valence electrons. The standard InChI is InChI=1S/C14H24BrN5/c1-3-7-16-13-12(15)14(19-10-18-13)17-9-11-6-4-5-8-20(11)2/h10-11H,3-9H2,1-2H3,(H2,16,17,18,19). The average molecular weight is 342 g/mol. The molecule has 0 bridgehead atoms. The van der Waals surface area contributed by atoms with E-state index in [-0.39, 0.29) is 0 Å². The van der Waals surface area contributed by atoms with Crippen LogP contribution in [-0.2, 0) is 0 Å². The van der Waals surface area contributed by atoms with Gasteiger partial charge in [0.2, 0.25) is 0 Å². The number of piperidine rings is 1. The number of likely N-dealkylation sites (tertiary alicyclic amines) is 1. The summed E-state index contributed by atoms with van der Waals surface area (Å²) in [5.41, 5.74) is 0. The molecule has 5 nitrogen and oxygen atoms in total. The zero-order chi connectivity index (χ0) is 14.4. The Morgan fingerprint density at radius 3 is 2.75 bits per heavy atom. The average Bonchev–Trinajstić information content (AvgIpc) is 2.46. The molecule has 0 aromatic carbocycles. The highest BCUT2D eigenvalue weighted by molar-refractivity contribution is 9.10. The Balaban J connectivity index is 1.95. The number of anilines is 2. The minimum absolute atomic E-state index is 0.595. The molecule has 1 unspecified atom stereocenters. The van der Waals surface area contributed by atoms with Crippen molar-refractivity contribution in [1.29, 1.82) is 0 Å². The van der Waals surface area contributed by atoms with Gasteiger partial charge in [-0.1, -0.05) is 13.3 Å². The van der Waals surface area contributed by atoms with Gasteiger partial charge < -0.3 is 15.5 Å². The van der Waals surface area contributed by atoms with Gasteiger partial charge in [-0.15, -0.1) is 0 Å². The molecule has 1 atom stereocenters. The summed E-state index contributed by atoms with van der Waals surface area (Å²) in [5.74, 6) is 1.74. The van der Waals surface area contributed by atoms with E-state index in [1.165, 1.54) is 25.8 Å². The van der Waals surface area contributed by atoms with Crippen molar-refractivity contribution in [2.24, 2.45) is 0 Å². The van der Waals surface area contributed by atoms with Gasteiger partial charge in [-0.3, -0.25) is 0 Å². The molecule has 0 spiro atoms. The number of hydrogen-bond acceptors (Lipinski definition) is 5. The summed E-state index contributed by atoms with van der Waals surface area (Å²) in [6.45, 7) is 5.18. The molecule has 1 aliphatic rings. The lowest BCUT2D eigenvalue weighted by Gasteiger charge is -2.32. The van der Waals surface area contributed by atoms with Crippen molar-refractivity contribution in [2.45, 2.75) is 38.6 Å². The van der Waals surface area contributed by atoms with Crippen LogP contribution in [0.25, 0.3) is 0 Å². The largest absolute Gasteiger partial charge is 0.369 e. The molecular weight excluding hydrogens is 318 g/mol. The van der Waals surface area contributed by atoms with E-state index in [9.17, 15) is 0 Å². The van der Waals surface area contributed by atoms with Gasteiger partial charge >= 0.3 is 0 Å². The van der Waals surface area contributed by atoms with Crippen molar-refractivity contribution in [3.05, 3.63) is 10.8 Å². The maximum Gasteiger partial charge on any atom is 0.146 e. The number of halogens is 1. The van der Waals surface area contributed by atoms with Crippen LogP contribution in [0.5, 0.6) is 0 Å². The minimum atomic E-state index is 0.595. The highest BCUT2D eigenvalue weighted by Gasteiger charge is 2.19. The second-order valence-electron chi connectivity index (χ2n) is 5.32. The third-order valence-corrected chi connectivity index (χ3v) is 4.51. The Labute approximate surface area is 129 Å². The summed E-state index contributed by atoms with van der Waals surface area (Å²) in [6.07, 6.45) is 6.58. The van der Waals surface area contributed by atoms with E-state index >= 15 is 0 Å². The fourth-order valence-electron chi connectivity index (χ4n) is 2.48. The number of hydrogen-bond donors (Lipinski definition) is 2. The van der Waals surface area contributed by atoms with Crippen molar-refractivity contribution >= 4 is 27.6 Å². The molecule has 2 N–H and O–H groups in total. The van der Waals surface area contributed by atoms with Gasteiger partial charge in [0.1, 0.15) is 22.4 Å². The molecule has 6 heteroatoms. The summed E-state index contributed by atoms with van der Waals surface area (Å²) in [5, 5.41) is 6.75. The minimum Gasteiger partial charge on any atom is -0.369 e. The first-order valence-corrected chi connectivity index (χ1v) is 8.20. The highest BCUT2D eigenvalue weighted by atomic mass is 79.9. The van der Waals surface area contributed by atoms with Crippen LogP contribution in [0.3, 0.4) is 0 Å². The molecule has 1 fully saturated rings. The van der Waals surface area contributed by atoms with Crippen LogP contribution in [0.4, 0.5) is 11.6 Å². The molecule has 1 saturated heterocycles. The van der Waals surface area contributed by atoms with Gasteiger partial charge in [-0.2, -0.15) is 0 Å². The van der Waals surface area contributed by atoms with Crippen LogP contribution in [0.1, 0.15) is 32.6 Å². The van der Waals surface area contributed by atoms with Gasteiger partial charge in [0, 0.05) is 19.1 Å². The lowest BCUT2D eigenvalue weighted by atomic mass is 10.0. The SMILES string of the molecule is CCCNc1ncnc(NCC2CCCCN2C)c1Br. The number of nitrogens with one attached hydrogen (secondary N) is 2. The molecule has 20 heavy (non-hydrogen) atoms. The first kappa shape index (κ1) is 15.5. The van der Waals surface area contributed by atoms with E-state index in [1.807, 2.05) is 0 Å². The van der Waals surface area contributed by atoms with Gasteiger partial charge in [0.25, 0.3) is 0 Å². The van der Waals surface area contributed by atoms with Crippen molar-refractivity contribution < 1.29 is 0 Å². The molecule has 0 amide bonds.